The summed E-state index contributed by atoms with van der Waals surface area (Å²) in [5.41, 5.74) is 4.42. The molecule has 1 N–H and O–H groups in total. The Bertz CT molecular complexity index is 1050. The second-order valence-corrected chi connectivity index (χ2v) is 7.93. The molecule has 0 amide bonds. The fraction of sp³-hybridized carbons (Fsp3) is 0.310. The lowest BCUT2D eigenvalue weighted by atomic mass is 9.98. The van der Waals surface area contributed by atoms with E-state index in [0.29, 0.717) is 5.69 Å². The van der Waals surface area contributed by atoms with Crippen molar-refractivity contribution in [3.05, 3.63) is 89.9 Å². The number of unbranched alkanes of at least 4 members (excludes halogenated alkanes) is 1. The fourth-order valence-electron chi connectivity index (χ4n) is 3.16. The number of rotatable bonds is 9. The average molecular weight is 464 g/mol. The highest BCUT2D eigenvalue weighted by Gasteiger charge is 2.10. The molecule has 0 spiro atoms. The van der Waals surface area contributed by atoms with E-state index in [4.69, 9.17) is 0 Å². The molecule has 182 valence electrons. The number of allylic oxidation sites excluding steroid dienone is 7. The molecule has 0 aliphatic heterocycles. The quantitative estimate of drug-likeness (QED) is 0.319. The normalized spacial score (nSPS) is 12.6. The lowest BCUT2D eigenvalue weighted by molar-refractivity contribution is 0.398. The van der Waals surface area contributed by atoms with Gasteiger partial charge >= 0.3 is 0 Å². The van der Waals surface area contributed by atoms with E-state index in [1.165, 1.54) is 37.6 Å². The Balaban J connectivity index is 0.000000718. The van der Waals surface area contributed by atoms with E-state index in [0.717, 1.165) is 22.3 Å². The van der Waals surface area contributed by atoms with Gasteiger partial charge in [-0.25, -0.2) is 4.39 Å². The zero-order valence-corrected chi connectivity index (χ0v) is 21.3. The number of aromatic hydroxyl groups is 1. The summed E-state index contributed by atoms with van der Waals surface area (Å²) in [6, 6.07) is 7.58. The molecule has 0 saturated heterocycles. The smallest absolute Gasteiger partial charge is 0.132 e. The van der Waals surface area contributed by atoms with Crippen molar-refractivity contribution in [2.75, 3.05) is 27.7 Å². The van der Waals surface area contributed by atoms with E-state index in [1.54, 1.807) is 31.6 Å². The van der Waals surface area contributed by atoms with Crippen molar-refractivity contribution in [2.24, 2.45) is 4.99 Å². The maximum absolute atomic E-state index is 14.2. The van der Waals surface area contributed by atoms with Gasteiger partial charge in [0.05, 0.1) is 5.69 Å². The maximum atomic E-state index is 14.2. The number of pyridine rings is 1. The summed E-state index contributed by atoms with van der Waals surface area (Å²) < 4.78 is 14.2. The Hall–Kier alpha value is -3.31. The van der Waals surface area contributed by atoms with Crippen LogP contribution in [0.4, 0.5) is 4.39 Å². The monoisotopic (exact) mass is 463 g/mol. The van der Waals surface area contributed by atoms with Crippen LogP contribution in [0.15, 0.2) is 83.6 Å². The van der Waals surface area contributed by atoms with Crippen molar-refractivity contribution in [3.63, 3.8) is 0 Å². The summed E-state index contributed by atoms with van der Waals surface area (Å²) in [7, 11) is 5.94. The van der Waals surface area contributed by atoms with Gasteiger partial charge in [0, 0.05) is 25.0 Å². The first-order valence-corrected chi connectivity index (χ1v) is 11.5. The largest absolute Gasteiger partial charge is 0.508 e. The molecule has 4 nitrogen and oxygen atoms in total. The minimum Gasteiger partial charge on any atom is -0.508 e. The maximum Gasteiger partial charge on any atom is 0.132 e. The topological polar surface area (TPSA) is 48.7 Å². The van der Waals surface area contributed by atoms with Gasteiger partial charge in [-0.1, -0.05) is 38.2 Å². The standard InChI is InChI=1S/C23H23FN2O.C6H15N/c1-5-16(18(7-3)15-25-4)12-17(6-2)19-10-11-26-23(13-19)21-14-20(27)8-9-22(21)24;1-4-5-6-7(2)3/h5-15,27H,1H2,2-4H3;4-6H2,1-3H3/b16-12+,17-6+,18-7+,25-15?;. The number of aromatic nitrogens is 1. The molecular weight excluding hydrogens is 425 g/mol. The summed E-state index contributed by atoms with van der Waals surface area (Å²) in [6.07, 6.45) is 13.8. The molecule has 5 heteroatoms. The molecule has 0 aliphatic carbocycles. The van der Waals surface area contributed by atoms with Crippen LogP contribution in [0.5, 0.6) is 5.75 Å². The first-order chi connectivity index (χ1) is 16.3. The highest BCUT2D eigenvalue weighted by Crippen LogP contribution is 2.28. The van der Waals surface area contributed by atoms with Crippen molar-refractivity contribution in [3.8, 4) is 17.0 Å². The molecule has 34 heavy (non-hydrogen) atoms. The van der Waals surface area contributed by atoms with E-state index in [9.17, 15) is 9.50 Å². The van der Waals surface area contributed by atoms with Crippen LogP contribution in [0.25, 0.3) is 16.8 Å². The highest BCUT2D eigenvalue weighted by atomic mass is 19.1. The van der Waals surface area contributed by atoms with E-state index in [2.05, 4.69) is 42.5 Å². The number of benzene rings is 1. The molecule has 0 bridgehead atoms. The summed E-state index contributed by atoms with van der Waals surface area (Å²) in [5, 5.41) is 9.67. The van der Waals surface area contributed by atoms with Crippen LogP contribution in [0.2, 0.25) is 0 Å². The van der Waals surface area contributed by atoms with Gasteiger partial charge in [0.25, 0.3) is 0 Å². The van der Waals surface area contributed by atoms with Gasteiger partial charge in [-0.05, 0) is 99.6 Å². The molecule has 0 unspecified atom stereocenters. The van der Waals surface area contributed by atoms with Crippen LogP contribution in [-0.2, 0) is 0 Å². The zero-order chi connectivity index (χ0) is 25.5. The number of phenols is 1. The molecule has 1 aromatic heterocycles. The van der Waals surface area contributed by atoms with E-state index in [-0.39, 0.29) is 11.3 Å². The van der Waals surface area contributed by atoms with Crippen LogP contribution < -0.4 is 0 Å². The van der Waals surface area contributed by atoms with Crippen molar-refractivity contribution in [2.45, 2.75) is 33.6 Å². The predicted octanol–water partition coefficient (Wildman–Crippen LogP) is 7.10. The van der Waals surface area contributed by atoms with Crippen LogP contribution in [-0.4, -0.2) is 48.9 Å². The summed E-state index contributed by atoms with van der Waals surface area (Å²) in [5.74, 6) is -0.438. The number of halogens is 1. The number of hydrogen-bond donors (Lipinski definition) is 1. The molecule has 2 aromatic rings. The van der Waals surface area contributed by atoms with E-state index < -0.39 is 5.82 Å². The minimum atomic E-state index is -0.433. The summed E-state index contributed by atoms with van der Waals surface area (Å²) in [6.45, 7) is 11.2. The molecule has 0 aliphatic rings. The lowest BCUT2D eigenvalue weighted by Crippen LogP contribution is -2.12. The highest BCUT2D eigenvalue weighted by molar-refractivity contribution is 5.88. The Morgan fingerprint density at radius 3 is 2.41 bits per heavy atom. The van der Waals surface area contributed by atoms with Gasteiger partial charge in [-0.15, -0.1) is 0 Å². The first kappa shape index (κ1) is 28.7. The van der Waals surface area contributed by atoms with Crippen molar-refractivity contribution < 1.29 is 9.50 Å². The Morgan fingerprint density at radius 2 is 1.88 bits per heavy atom. The number of aliphatic imine (C=N–C) groups is 1. The van der Waals surface area contributed by atoms with Crippen LogP contribution in [0.3, 0.4) is 0 Å². The van der Waals surface area contributed by atoms with Crippen molar-refractivity contribution >= 4 is 11.8 Å². The van der Waals surface area contributed by atoms with E-state index in [1.807, 2.05) is 38.1 Å². The van der Waals surface area contributed by atoms with Crippen molar-refractivity contribution in [1.29, 1.82) is 0 Å². The van der Waals surface area contributed by atoms with Gasteiger partial charge < -0.3 is 10.0 Å². The van der Waals surface area contributed by atoms with Crippen LogP contribution in [0, 0.1) is 5.82 Å². The number of phenolic OH excluding ortho intramolecular Hbond substituents is 1. The zero-order valence-electron chi connectivity index (χ0n) is 21.3. The van der Waals surface area contributed by atoms with Crippen molar-refractivity contribution in [1.82, 2.24) is 9.88 Å². The second kappa shape index (κ2) is 15.5. The SMILES string of the molecule is C=CC(=C\C(=C/C)c1ccnc(-c2cc(O)ccc2F)c1)/C(C=NC)=C/C.CCCCN(C)C. The third kappa shape index (κ3) is 9.28. The Labute approximate surface area is 204 Å². The molecule has 0 fully saturated rings. The first-order valence-electron chi connectivity index (χ1n) is 11.5. The van der Waals surface area contributed by atoms with Gasteiger partial charge in [0.15, 0.2) is 0 Å². The van der Waals surface area contributed by atoms with Gasteiger partial charge in [-0.2, -0.15) is 0 Å². The summed E-state index contributed by atoms with van der Waals surface area (Å²) in [4.78, 5) is 10.5. The molecular formula is C29H38FN3O. The van der Waals surface area contributed by atoms with Gasteiger partial charge in [0.1, 0.15) is 11.6 Å². The molecule has 2 rings (SSSR count). The van der Waals surface area contributed by atoms with Crippen LogP contribution >= 0.6 is 0 Å². The molecule has 1 aromatic carbocycles. The Morgan fingerprint density at radius 1 is 1.15 bits per heavy atom. The van der Waals surface area contributed by atoms with Gasteiger partial charge in [-0.3, -0.25) is 9.98 Å². The predicted molar refractivity (Wildman–Crippen MR) is 145 cm³/mol. The van der Waals surface area contributed by atoms with Crippen LogP contribution in [0.1, 0.15) is 39.2 Å². The Kier molecular flexibility index (Phi) is 13.1. The number of nitrogens with zero attached hydrogens (tertiary/aromatic N) is 3. The van der Waals surface area contributed by atoms with Gasteiger partial charge in [0.2, 0.25) is 0 Å². The third-order valence-electron chi connectivity index (χ3n) is 5.03. The number of hydrogen-bond acceptors (Lipinski definition) is 4. The second-order valence-electron chi connectivity index (χ2n) is 7.93. The molecule has 1 heterocycles. The molecule has 0 saturated carbocycles. The molecule has 0 radical (unpaired) electrons. The summed E-state index contributed by atoms with van der Waals surface area (Å²) >= 11 is 0. The average Bonchev–Trinajstić information content (AvgIpc) is 2.84. The minimum absolute atomic E-state index is 0.00437. The van der Waals surface area contributed by atoms with E-state index >= 15 is 0 Å². The fourth-order valence-corrected chi connectivity index (χ4v) is 3.16. The third-order valence-corrected chi connectivity index (χ3v) is 5.03. The molecule has 0 atom stereocenters. The lowest BCUT2D eigenvalue weighted by Gasteiger charge is -2.09.